The van der Waals surface area contributed by atoms with Crippen molar-refractivity contribution in [3.63, 3.8) is 0 Å². The summed E-state index contributed by atoms with van der Waals surface area (Å²) in [7, 11) is 0. The Morgan fingerprint density at radius 3 is 2.90 bits per heavy atom. The molecular weight excluding hydrogens is 256 g/mol. The molecule has 1 unspecified atom stereocenters. The number of hydrogen-bond acceptors (Lipinski definition) is 6. The normalized spacial score (nSPS) is 17.9. The number of nitriles is 1. The van der Waals surface area contributed by atoms with Crippen LogP contribution in [0.5, 0.6) is 0 Å². The molecule has 1 saturated heterocycles. The fourth-order valence-electron chi connectivity index (χ4n) is 2.43. The number of nitrogens with zero attached hydrogens (tertiary/aromatic N) is 4. The lowest BCUT2D eigenvalue weighted by atomic mass is 10.1. The summed E-state index contributed by atoms with van der Waals surface area (Å²) in [6.07, 6.45) is 1.60. The second kappa shape index (κ2) is 5.87. The number of ether oxygens (including phenoxy) is 1. The van der Waals surface area contributed by atoms with E-state index in [0.717, 1.165) is 24.1 Å². The van der Waals surface area contributed by atoms with Crippen molar-refractivity contribution >= 4 is 11.8 Å². The lowest BCUT2D eigenvalue weighted by Crippen LogP contribution is -2.38. The maximum Gasteiger partial charge on any atom is 0.328 e. The second-order valence-corrected chi connectivity index (χ2v) is 4.82. The molecule has 106 valence electrons. The van der Waals surface area contributed by atoms with Crippen LogP contribution in [0.3, 0.4) is 0 Å². The van der Waals surface area contributed by atoms with E-state index in [1.165, 1.54) is 0 Å². The molecule has 1 fully saturated rings. The quantitative estimate of drug-likeness (QED) is 0.777. The predicted octanol–water partition coefficient (Wildman–Crippen LogP) is 1.50. The van der Waals surface area contributed by atoms with Crippen molar-refractivity contribution in [1.82, 2.24) is 10.2 Å². The molecule has 1 aliphatic heterocycles. The minimum absolute atomic E-state index is 0.256. The first-order valence-corrected chi connectivity index (χ1v) is 6.77. The number of aryl methyl sites for hydroxylation is 1. The van der Waals surface area contributed by atoms with Gasteiger partial charge in [0, 0.05) is 6.54 Å². The van der Waals surface area contributed by atoms with Crippen LogP contribution in [-0.4, -0.2) is 35.4 Å². The monoisotopic (exact) mass is 274 g/mol. The number of carbonyl (C=O) groups is 1. The van der Waals surface area contributed by atoms with Gasteiger partial charge in [0.2, 0.25) is 0 Å². The highest BCUT2D eigenvalue weighted by Gasteiger charge is 2.34. The lowest BCUT2D eigenvalue weighted by Gasteiger charge is -2.25. The zero-order valence-electron chi connectivity index (χ0n) is 12.0. The number of anilines is 1. The first kappa shape index (κ1) is 14.3. The summed E-state index contributed by atoms with van der Waals surface area (Å²) in [4.78, 5) is 13.8. The Bertz CT molecular complexity index is 565. The van der Waals surface area contributed by atoms with Crippen molar-refractivity contribution in [1.29, 1.82) is 5.26 Å². The fraction of sp³-hybridized carbons (Fsp3) is 0.571. The highest BCUT2D eigenvalue weighted by Crippen LogP contribution is 2.29. The van der Waals surface area contributed by atoms with Gasteiger partial charge in [-0.05, 0) is 39.2 Å². The van der Waals surface area contributed by atoms with Gasteiger partial charge in [-0.25, -0.2) is 4.79 Å². The van der Waals surface area contributed by atoms with Gasteiger partial charge in [-0.3, -0.25) is 0 Å². The molecule has 0 radical (unpaired) electrons. The molecule has 0 amide bonds. The van der Waals surface area contributed by atoms with Crippen LogP contribution in [0.2, 0.25) is 0 Å². The van der Waals surface area contributed by atoms with Crippen LogP contribution >= 0.6 is 0 Å². The van der Waals surface area contributed by atoms with Gasteiger partial charge in [-0.15, -0.1) is 5.10 Å². The van der Waals surface area contributed by atoms with Gasteiger partial charge in [0.25, 0.3) is 0 Å². The second-order valence-electron chi connectivity index (χ2n) is 4.82. The Morgan fingerprint density at radius 2 is 2.25 bits per heavy atom. The molecule has 0 aliphatic carbocycles. The van der Waals surface area contributed by atoms with Crippen LogP contribution in [0, 0.1) is 25.2 Å². The SMILES string of the molecule is CCOC(=O)C1CCCN1c1nnc(C)c(C)c1C#N. The van der Waals surface area contributed by atoms with Gasteiger partial charge in [0.15, 0.2) is 5.82 Å². The van der Waals surface area contributed by atoms with E-state index in [2.05, 4.69) is 16.3 Å². The van der Waals surface area contributed by atoms with E-state index in [1.54, 1.807) is 6.92 Å². The van der Waals surface area contributed by atoms with Crippen LogP contribution in [-0.2, 0) is 9.53 Å². The van der Waals surface area contributed by atoms with E-state index in [4.69, 9.17) is 4.74 Å². The molecule has 1 aromatic heterocycles. The third-order valence-corrected chi connectivity index (χ3v) is 3.63. The van der Waals surface area contributed by atoms with Gasteiger partial charge in [-0.1, -0.05) is 0 Å². The van der Waals surface area contributed by atoms with Crippen molar-refractivity contribution in [3.8, 4) is 6.07 Å². The van der Waals surface area contributed by atoms with Crippen molar-refractivity contribution in [2.24, 2.45) is 0 Å². The summed E-state index contributed by atoms with van der Waals surface area (Å²) in [5.41, 5.74) is 2.04. The molecule has 1 aromatic rings. The topological polar surface area (TPSA) is 79.1 Å². The summed E-state index contributed by atoms with van der Waals surface area (Å²) < 4.78 is 5.09. The maximum absolute atomic E-state index is 12.0. The van der Waals surface area contributed by atoms with E-state index < -0.39 is 0 Å². The smallest absolute Gasteiger partial charge is 0.328 e. The van der Waals surface area contributed by atoms with Gasteiger partial charge in [0.05, 0.1) is 12.3 Å². The summed E-state index contributed by atoms with van der Waals surface area (Å²) >= 11 is 0. The van der Waals surface area contributed by atoms with E-state index in [-0.39, 0.29) is 12.0 Å². The van der Waals surface area contributed by atoms with Crippen molar-refractivity contribution in [2.45, 2.75) is 39.7 Å². The molecule has 0 spiro atoms. The molecule has 0 saturated carbocycles. The Kier molecular flexibility index (Phi) is 4.18. The highest BCUT2D eigenvalue weighted by molar-refractivity contribution is 5.81. The Hall–Kier alpha value is -2.16. The molecule has 6 nitrogen and oxygen atoms in total. The van der Waals surface area contributed by atoms with Gasteiger partial charge in [-0.2, -0.15) is 10.4 Å². The van der Waals surface area contributed by atoms with Gasteiger partial charge in [0.1, 0.15) is 17.7 Å². The van der Waals surface area contributed by atoms with Crippen molar-refractivity contribution in [3.05, 3.63) is 16.8 Å². The molecule has 6 heteroatoms. The number of rotatable bonds is 3. The maximum atomic E-state index is 12.0. The van der Waals surface area contributed by atoms with Crippen molar-refractivity contribution < 1.29 is 9.53 Å². The van der Waals surface area contributed by atoms with E-state index in [0.29, 0.717) is 24.5 Å². The minimum Gasteiger partial charge on any atom is -0.464 e. The standard InChI is InChI=1S/C14H18N4O2/c1-4-20-14(19)12-6-5-7-18(12)13-11(8-15)9(2)10(3)16-17-13/h12H,4-7H2,1-3H3. The summed E-state index contributed by atoms with van der Waals surface area (Å²) in [5, 5.41) is 17.6. The summed E-state index contributed by atoms with van der Waals surface area (Å²) in [6, 6.07) is 1.81. The van der Waals surface area contributed by atoms with Crippen LogP contribution in [0.25, 0.3) is 0 Å². The van der Waals surface area contributed by atoms with Crippen LogP contribution in [0.4, 0.5) is 5.82 Å². The third-order valence-electron chi connectivity index (χ3n) is 3.63. The molecule has 1 aliphatic rings. The molecule has 0 N–H and O–H groups in total. The molecule has 0 aromatic carbocycles. The number of hydrogen-bond donors (Lipinski definition) is 0. The number of aromatic nitrogens is 2. The van der Waals surface area contributed by atoms with Gasteiger partial charge < -0.3 is 9.64 Å². The zero-order valence-corrected chi connectivity index (χ0v) is 12.0. The lowest BCUT2D eigenvalue weighted by molar-refractivity contribution is -0.144. The average molecular weight is 274 g/mol. The number of esters is 1. The zero-order chi connectivity index (χ0) is 14.7. The summed E-state index contributed by atoms with van der Waals surface area (Å²) in [6.45, 7) is 6.50. The molecule has 2 rings (SSSR count). The molecule has 0 bridgehead atoms. The average Bonchev–Trinajstić information content (AvgIpc) is 2.91. The summed E-state index contributed by atoms with van der Waals surface area (Å²) in [5.74, 6) is 0.236. The molecule has 20 heavy (non-hydrogen) atoms. The minimum atomic E-state index is -0.363. The van der Waals surface area contributed by atoms with Crippen LogP contribution < -0.4 is 4.90 Å². The third kappa shape index (κ3) is 2.44. The van der Waals surface area contributed by atoms with E-state index >= 15 is 0 Å². The van der Waals surface area contributed by atoms with Crippen molar-refractivity contribution in [2.75, 3.05) is 18.1 Å². The largest absolute Gasteiger partial charge is 0.464 e. The van der Waals surface area contributed by atoms with Crippen LogP contribution in [0.1, 0.15) is 36.6 Å². The van der Waals surface area contributed by atoms with E-state index in [9.17, 15) is 10.1 Å². The Labute approximate surface area is 118 Å². The van der Waals surface area contributed by atoms with E-state index in [1.807, 2.05) is 18.7 Å². The predicted molar refractivity (Wildman–Crippen MR) is 73.2 cm³/mol. The van der Waals surface area contributed by atoms with Gasteiger partial charge >= 0.3 is 5.97 Å². The first-order chi connectivity index (χ1) is 9.60. The highest BCUT2D eigenvalue weighted by atomic mass is 16.5. The number of carbonyl (C=O) groups excluding carboxylic acids is 1. The molecule has 1 atom stereocenters. The fourth-order valence-corrected chi connectivity index (χ4v) is 2.43. The molecular formula is C14H18N4O2. The Morgan fingerprint density at radius 1 is 1.50 bits per heavy atom. The van der Waals surface area contributed by atoms with Crippen LogP contribution in [0.15, 0.2) is 0 Å². The molecule has 2 heterocycles. The Balaban J connectivity index is 2.38. The first-order valence-electron chi connectivity index (χ1n) is 6.77.